The van der Waals surface area contributed by atoms with Gasteiger partial charge in [0.1, 0.15) is 48.8 Å². The molecule has 2 rings (SSSR count). The van der Waals surface area contributed by atoms with Crippen molar-refractivity contribution in [3.05, 3.63) is 0 Å². The third-order valence-electron chi connectivity index (χ3n) is 3.98. The number of rotatable bonds is 4. The molecule has 8 N–H and O–H groups in total. The summed E-state index contributed by atoms with van der Waals surface area (Å²) in [6, 6.07) is 0. The van der Waals surface area contributed by atoms with Crippen LogP contribution in [0.25, 0.3) is 0 Å². The van der Waals surface area contributed by atoms with Crippen molar-refractivity contribution in [2.24, 2.45) is 0 Å². The minimum absolute atomic E-state index is 0.667. The third kappa shape index (κ3) is 3.65. The molecule has 0 saturated carbocycles. The first kappa shape index (κ1) is 18.9. The molecular weight excluding hydrogens is 320 g/mol. The van der Waals surface area contributed by atoms with Crippen LogP contribution in [0.2, 0.25) is 0 Å². The number of ether oxygens (including phenoxy) is 3. The molecule has 23 heavy (non-hydrogen) atoms. The summed E-state index contributed by atoms with van der Waals surface area (Å²) in [5.41, 5.74) is 0. The fourth-order valence-corrected chi connectivity index (χ4v) is 2.57. The first-order valence-electron chi connectivity index (χ1n) is 7.08. The lowest BCUT2D eigenvalue weighted by Crippen LogP contribution is -2.64. The van der Waals surface area contributed by atoms with E-state index in [9.17, 15) is 35.7 Å². The van der Waals surface area contributed by atoms with Crippen molar-refractivity contribution in [2.75, 3.05) is 13.2 Å². The van der Waals surface area contributed by atoms with Crippen molar-refractivity contribution in [3.63, 3.8) is 0 Å². The number of aliphatic hydroxyl groups is 8. The van der Waals surface area contributed by atoms with E-state index >= 15 is 0 Å². The number of hydrogen-bond acceptors (Lipinski definition) is 11. The van der Waals surface area contributed by atoms with Crippen LogP contribution in [0, 0.1) is 0 Å². The fraction of sp³-hybridized carbons (Fsp3) is 1.00. The molecule has 0 bridgehead atoms. The van der Waals surface area contributed by atoms with Crippen LogP contribution in [0.3, 0.4) is 0 Å². The third-order valence-corrected chi connectivity index (χ3v) is 3.98. The number of hydrogen-bond donors (Lipinski definition) is 8. The molecule has 4 unspecified atom stereocenters. The van der Waals surface area contributed by atoms with Crippen molar-refractivity contribution in [1.82, 2.24) is 0 Å². The van der Waals surface area contributed by atoms with Gasteiger partial charge in [0.05, 0.1) is 13.2 Å². The standard InChI is InChI=1S/C12H22O11/c13-1-3-5(15)6(16)9(19)12(22-3)23-10-4(2-14)21-11(20)8(18)7(10)17/h3-20H,1-2H2/t3?,4?,5-,6-,7+,8?,9?,10-,11+,12+/m1/s1. The summed E-state index contributed by atoms with van der Waals surface area (Å²) in [7, 11) is 0. The fourth-order valence-electron chi connectivity index (χ4n) is 2.57. The highest BCUT2D eigenvalue weighted by atomic mass is 16.7. The minimum atomic E-state index is -1.74. The zero-order valence-electron chi connectivity index (χ0n) is 12.0. The first-order valence-corrected chi connectivity index (χ1v) is 7.08. The van der Waals surface area contributed by atoms with E-state index in [-0.39, 0.29) is 0 Å². The van der Waals surface area contributed by atoms with E-state index < -0.39 is 74.6 Å². The topological polar surface area (TPSA) is 190 Å². The van der Waals surface area contributed by atoms with Gasteiger partial charge in [-0.15, -0.1) is 0 Å². The highest BCUT2D eigenvalue weighted by Gasteiger charge is 2.50. The van der Waals surface area contributed by atoms with Crippen LogP contribution < -0.4 is 0 Å². The molecule has 11 heteroatoms. The van der Waals surface area contributed by atoms with E-state index in [2.05, 4.69) is 0 Å². The lowest BCUT2D eigenvalue weighted by molar-refractivity contribution is -0.355. The Kier molecular flexibility index (Phi) is 6.27. The highest BCUT2D eigenvalue weighted by molar-refractivity contribution is 4.93. The van der Waals surface area contributed by atoms with E-state index in [4.69, 9.17) is 19.3 Å². The molecule has 0 spiro atoms. The molecule has 2 aliphatic heterocycles. The molecule has 0 amide bonds. The summed E-state index contributed by atoms with van der Waals surface area (Å²) in [5.74, 6) is 0. The summed E-state index contributed by atoms with van der Waals surface area (Å²) in [6.07, 6.45) is -15.6. The van der Waals surface area contributed by atoms with Gasteiger partial charge in [0, 0.05) is 0 Å². The quantitative estimate of drug-likeness (QED) is 0.243. The zero-order valence-corrected chi connectivity index (χ0v) is 12.0. The van der Waals surface area contributed by atoms with Crippen LogP contribution in [-0.4, -0.2) is 115 Å². The van der Waals surface area contributed by atoms with Gasteiger partial charge in [0.25, 0.3) is 0 Å². The SMILES string of the molecule is OCC1O[C@@H](O[C@@H]2C(CO)O[C@H](O)C(O)[C@@H]2O)C(O)[C@H](O)[C@@H]1O. The van der Waals surface area contributed by atoms with Crippen LogP contribution in [0.5, 0.6) is 0 Å². The van der Waals surface area contributed by atoms with Gasteiger partial charge in [-0.05, 0) is 0 Å². The Morgan fingerprint density at radius 3 is 1.83 bits per heavy atom. The van der Waals surface area contributed by atoms with Crippen LogP contribution in [-0.2, 0) is 14.2 Å². The van der Waals surface area contributed by atoms with E-state index in [1.807, 2.05) is 0 Å². The maximum atomic E-state index is 9.94. The summed E-state index contributed by atoms with van der Waals surface area (Å²) < 4.78 is 15.3. The van der Waals surface area contributed by atoms with Crippen LogP contribution in [0.1, 0.15) is 0 Å². The van der Waals surface area contributed by atoms with Crippen LogP contribution >= 0.6 is 0 Å². The van der Waals surface area contributed by atoms with Gasteiger partial charge in [0.15, 0.2) is 12.6 Å². The molecule has 136 valence electrons. The van der Waals surface area contributed by atoms with Crippen molar-refractivity contribution in [3.8, 4) is 0 Å². The Balaban J connectivity index is 2.11. The van der Waals surface area contributed by atoms with Crippen molar-refractivity contribution in [2.45, 2.75) is 61.4 Å². The monoisotopic (exact) mass is 342 g/mol. The number of aliphatic hydroxyl groups excluding tert-OH is 8. The van der Waals surface area contributed by atoms with Crippen molar-refractivity contribution >= 4 is 0 Å². The lowest BCUT2D eigenvalue weighted by Gasteiger charge is -2.45. The van der Waals surface area contributed by atoms with Gasteiger partial charge >= 0.3 is 0 Å². The second kappa shape index (κ2) is 7.63. The Labute approximate surface area is 130 Å². The maximum Gasteiger partial charge on any atom is 0.187 e. The minimum Gasteiger partial charge on any atom is -0.394 e. The summed E-state index contributed by atoms with van der Waals surface area (Å²) >= 11 is 0. The first-order chi connectivity index (χ1) is 10.8. The Morgan fingerprint density at radius 1 is 0.652 bits per heavy atom. The molecule has 0 radical (unpaired) electrons. The smallest absolute Gasteiger partial charge is 0.187 e. The van der Waals surface area contributed by atoms with E-state index in [1.54, 1.807) is 0 Å². The predicted octanol–water partition coefficient (Wildman–Crippen LogP) is -5.40. The highest BCUT2D eigenvalue weighted by Crippen LogP contribution is 2.28. The molecule has 0 aliphatic carbocycles. The Hall–Kier alpha value is -0.440. The largest absolute Gasteiger partial charge is 0.394 e. The molecule has 0 aromatic heterocycles. The van der Waals surface area contributed by atoms with Crippen LogP contribution in [0.15, 0.2) is 0 Å². The van der Waals surface area contributed by atoms with Gasteiger partial charge in [-0.2, -0.15) is 0 Å². The molecular formula is C12H22O11. The van der Waals surface area contributed by atoms with Gasteiger partial charge in [-0.25, -0.2) is 0 Å². The Morgan fingerprint density at radius 2 is 1.26 bits per heavy atom. The van der Waals surface area contributed by atoms with E-state index in [1.165, 1.54) is 0 Å². The van der Waals surface area contributed by atoms with Gasteiger partial charge in [-0.3, -0.25) is 0 Å². The molecule has 10 atom stereocenters. The maximum absolute atomic E-state index is 9.94. The average molecular weight is 342 g/mol. The lowest BCUT2D eigenvalue weighted by atomic mass is 9.97. The van der Waals surface area contributed by atoms with Gasteiger partial charge < -0.3 is 55.1 Å². The summed E-state index contributed by atoms with van der Waals surface area (Å²) in [6.45, 7) is -1.35. The van der Waals surface area contributed by atoms with Crippen LogP contribution in [0.4, 0.5) is 0 Å². The Bertz CT molecular complexity index is 378. The summed E-state index contributed by atoms with van der Waals surface area (Å²) in [4.78, 5) is 0. The second-order valence-corrected chi connectivity index (χ2v) is 5.53. The van der Waals surface area contributed by atoms with Gasteiger partial charge in [-0.1, -0.05) is 0 Å². The molecule has 2 heterocycles. The molecule has 2 fully saturated rings. The van der Waals surface area contributed by atoms with E-state index in [0.717, 1.165) is 0 Å². The second-order valence-electron chi connectivity index (χ2n) is 5.53. The van der Waals surface area contributed by atoms with E-state index in [0.29, 0.717) is 0 Å². The normalized spacial score (nSPS) is 51.7. The van der Waals surface area contributed by atoms with Gasteiger partial charge in [0.2, 0.25) is 0 Å². The van der Waals surface area contributed by atoms with Crippen molar-refractivity contribution < 1.29 is 55.1 Å². The van der Waals surface area contributed by atoms with Crippen molar-refractivity contribution in [1.29, 1.82) is 0 Å². The molecule has 0 aromatic rings. The predicted molar refractivity (Wildman–Crippen MR) is 68.6 cm³/mol. The zero-order chi connectivity index (χ0) is 17.3. The molecule has 0 aromatic carbocycles. The molecule has 2 aliphatic rings. The average Bonchev–Trinajstić information content (AvgIpc) is 2.55. The summed E-state index contributed by atoms with van der Waals surface area (Å²) in [5, 5.41) is 76.5. The molecule has 2 saturated heterocycles. The molecule has 11 nitrogen and oxygen atoms in total.